The molecule has 0 saturated carbocycles. The fourth-order valence-electron chi connectivity index (χ4n) is 3.12. The molecular formula is C16H18BrN5OS. The number of thiophene rings is 1. The third-order valence-electron chi connectivity index (χ3n) is 4.23. The molecule has 0 radical (unpaired) electrons. The van der Waals surface area contributed by atoms with E-state index in [-0.39, 0.29) is 6.10 Å². The minimum Gasteiger partial charge on any atom is -0.376 e. The van der Waals surface area contributed by atoms with Crippen molar-refractivity contribution >= 4 is 44.1 Å². The van der Waals surface area contributed by atoms with E-state index in [2.05, 4.69) is 53.4 Å². The molecule has 3 aromatic heterocycles. The molecule has 4 heterocycles. The molecule has 1 aliphatic rings. The molecule has 3 aromatic rings. The molecule has 1 saturated heterocycles. The van der Waals surface area contributed by atoms with Crippen LogP contribution in [0.5, 0.6) is 0 Å². The van der Waals surface area contributed by atoms with Crippen LogP contribution in [0.1, 0.15) is 17.7 Å². The lowest BCUT2D eigenvalue weighted by Gasteiger charge is -2.26. The standard InChI is InChI=1S/C16H18BrN5OS/c1-21-15-13(14(17)20-21)16(19-10-18-15)22(8-11-4-2-6-23-11)9-12-5-3-7-24-12/h3,5,7,10-11H,2,4,6,8-9H2,1H3. The Morgan fingerprint density at radius 3 is 3.12 bits per heavy atom. The van der Waals surface area contributed by atoms with Crippen LogP contribution < -0.4 is 4.90 Å². The Bertz CT molecular complexity index is 828. The molecule has 1 unspecified atom stereocenters. The molecule has 0 amide bonds. The minimum absolute atomic E-state index is 0.255. The number of nitrogens with zero attached hydrogens (tertiary/aromatic N) is 5. The molecule has 1 atom stereocenters. The van der Waals surface area contributed by atoms with E-state index in [1.54, 1.807) is 22.3 Å². The SMILES string of the molecule is Cn1nc(Br)c2c(N(Cc3cccs3)CC3CCCO3)ncnc21. The van der Waals surface area contributed by atoms with E-state index >= 15 is 0 Å². The summed E-state index contributed by atoms with van der Waals surface area (Å²) < 4.78 is 8.41. The summed E-state index contributed by atoms with van der Waals surface area (Å²) in [4.78, 5) is 12.6. The molecule has 0 N–H and O–H groups in total. The van der Waals surface area contributed by atoms with Crippen molar-refractivity contribution in [1.82, 2.24) is 19.7 Å². The second-order valence-electron chi connectivity index (χ2n) is 5.91. The number of hydrogen-bond donors (Lipinski definition) is 0. The Labute approximate surface area is 152 Å². The highest BCUT2D eigenvalue weighted by Gasteiger charge is 2.24. The fraction of sp³-hybridized carbons (Fsp3) is 0.438. The minimum atomic E-state index is 0.255. The van der Waals surface area contributed by atoms with Gasteiger partial charge in [0.25, 0.3) is 0 Å². The second-order valence-corrected chi connectivity index (χ2v) is 7.69. The summed E-state index contributed by atoms with van der Waals surface area (Å²) >= 11 is 5.32. The van der Waals surface area contributed by atoms with Gasteiger partial charge < -0.3 is 9.64 Å². The van der Waals surface area contributed by atoms with Gasteiger partial charge in [-0.1, -0.05) is 6.07 Å². The highest BCUT2D eigenvalue weighted by molar-refractivity contribution is 9.10. The van der Waals surface area contributed by atoms with Crippen molar-refractivity contribution in [2.45, 2.75) is 25.5 Å². The summed E-state index contributed by atoms with van der Waals surface area (Å²) in [5.41, 5.74) is 0.829. The van der Waals surface area contributed by atoms with E-state index in [0.29, 0.717) is 0 Å². The number of aryl methyl sites for hydroxylation is 1. The number of rotatable bonds is 5. The van der Waals surface area contributed by atoms with Gasteiger partial charge in [0, 0.05) is 25.1 Å². The van der Waals surface area contributed by atoms with Crippen molar-refractivity contribution < 1.29 is 4.74 Å². The van der Waals surface area contributed by atoms with Gasteiger partial charge in [-0.25, -0.2) is 14.6 Å². The zero-order valence-corrected chi connectivity index (χ0v) is 15.8. The highest BCUT2D eigenvalue weighted by Crippen LogP contribution is 2.31. The lowest BCUT2D eigenvalue weighted by molar-refractivity contribution is 0.115. The summed E-state index contributed by atoms with van der Waals surface area (Å²) in [6.07, 6.45) is 4.10. The van der Waals surface area contributed by atoms with Crippen molar-refractivity contribution in [3.63, 3.8) is 0 Å². The summed E-state index contributed by atoms with van der Waals surface area (Å²) in [7, 11) is 1.90. The van der Waals surface area contributed by atoms with Crippen LogP contribution in [-0.2, 0) is 18.3 Å². The Kier molecular flexibility index (Phi) is 4.51. The molecule has 1 fully saturated rings. The topological polar surface area (TPSA) is 56.1 Å². The monoisotopic (exact) mass is 407 g/mol. The van der Waals surface area contributed by atoms with Crippen molar-refractivity contribution in [3.05, 3.63) is 33.3 Å². The maximum absolute atomic E-state index is 5.86. The number of halogens is 1. The molecule has 0 bridgehead atoms. The van der Waals surface area contributed by atoms with Gasteiger partial charge in [-0.3, -0.25) is 0 Å². The third kappa shape index (κ3) is 3.05. The molecule has 0 aliphatic carbocycles. The first-order chi connectivity index (χ1) is 11.7. The van der Waals surface area contributed by atoms with E-state index in [9.17, 15) is 0 Å². The van der Waals surface area contributed by atoms with Crippen LogP contribution in [0.2, 0.25) is 0 Å². The molecular weight excluding hydrogens is 390 g/mol. The van der Waals surface area contributed by atoms with E-state index in [0.717, 1.165) is 54.0 Å². The van der Waals surface area contributed by atoms with Crippen LogP contribution in [0.3, 0.4) is 0 Å². The molecule has 1 aliphatic heterocycles. The van der Waals surface area contributed by atoms with Crippen molar-refractivity contribution in [2.24, 2.45) is 7.05 Å². The number of ether oxygens (including phenoxy) is 1. The fourth-order valence-corrected chi connectivity index (χ4v) is 4.43. The van der Waals surface area contributed by atoms with Gasteiger partial charge in [0.05, 0.1) is 18.0 Å². The quantitative estimate of drug-likeness (QED) is 0.648. The molecule has 0 aromatic carbocycles. The van der Waals surface area contributed by atoms with Gasteiger partial charge in [-0.15, -0.1) is 11.3 Å². The molecule has 24 heavy (non-hydrogen) atoms. The van der Waals surface area contributed by atoms with Gasteiger partial charge in [0.15, 0.2) is 5.65 Å². The van der Waals surface area contributed by atoms with Crippen LogP contribution in [0.25, 0.3) is 11.0 Å². The predicted molar refractivity (Wildman–Crippen MR) is 98.3 cm³/mol. The van der Waals surface area contributed by atoms with Crippen LogP contribution in [-0.4, -0.2) is 39.0 Å². The van der Waals surface area contributed by atoms with E-state index in [1.807, 2.05) is 7.05 Å². The van der Waals surface area contributed by atoms with Gasteiger partial charge in [0.2, 0.25) is 0 Å². The zero-order valence-electron chi connectivity index (χ0n) is 13.4. The van der Waals surface area contributed by atoms with Gasteiger partial charge >= 0.3 is 0 Å². The summed E-state index contributed by atoms with van der Waals surface area (Å²) in [5, 5.41) is 7.50. The van der Waals surface area contributed by atoms with E-state index < -0.39 is 0 Å². The smallest absolute Gasteiger partial charge is 0.164 e. The van der Waals surface area contributed by atoms with E-state index in [4.69, 9.17) is 4.74 Å². The lowest BCUT2D eigenvalue weighted by Crippen LogP contribution is -2.32. The Hall–Kier alpha value is -1.51. The van der Waals surface area contributed by atoms with E-state index in [1.165, 1.54) is 4.88 Å². The first kappa shape index (κ1) is 16.0. The number of hydrogen-bond acceptors (Lipinski definition) is 6. The Morgan fingerprint density at radius 2 is 2.38 bits per heavy atom. The number of fused-ring (bicyclic) bond motifs is 1. The molecule has 6 nitrogen and oxygen atoms in total. The van der Waals surface area contributed by atoms with Gasteiger partial charge in [-0.05, 0) is 40.2 Å². The Morgan fingerprint density at radius 1 is 1.46 bits per heavy atom. The normalized spacial score (nSPS) is 17.7. The van der Waals surface area contributed by atoms with Crippen molar-refractivity contribution in [2.75, 3.05) is 18.1 Å². The first-order valence-electron chi connectivity index (χ1n) is 7.94. The third-order valence-corrected chi connectivity index (χ3v) is 5.65. The lowest BCUT2D eigenvalue weighted by atomic mass is 10.2. The average Bonchev–Trinajstić information content (AvgIpc) is 3.31. The van der Waals surface area contributed by atoms with Gasteiger partial charge in [-0.2, -0.15) is 5.10 Å². The van der Waals surface area contributed by atoms with Crippen LogP contribution in [0, 0.1) is 0 Å². The van der Waals surface area contributed by atoms with Crippen LogP contribution in [0.15, 0.2) is 28.4 Å². The number of aromatic nitrogens is 4. The van der Waals surface area contributed by atoms with Gasteiger partial charge in [0.1, 0.15) is 16.7 Å². The molecule has 126 valence electrons. The van der Waals surface area contributed by atoms with Crippen molar-refractivity contribution in [3.8, 4) is 0 Å². The van der Waals surface area contributed by atoms with Crippen molar-refractivity contribution in [1.29, 1.82) is 0 Å². The largest absolute Gasteiger partial charge is 0.376 e. The maximum Gasteiger partial charge on any atom is 0.164 e. The summed E-state index contributed by atoms with van der Waals surface area (Å²) in [6, 6.07) is 4.24. The zero-order chi connectivity index (χ0) is 16.5. The molecule has 8 heteroatoms. The Balaban J connectivity index is 1.74. The molecule has 0 spiro atoms. The van der Waals surface area contributed by atoms with Crippen LogP contribution in [0.4, 0.5) is 5.82 Å². The molecule has 4 rings (SSSR count). The predicted octanol–water partition coefficient (Wildman–Crippen LogP) is 3.37. The summed E-state index contributed by atoms with van der Waals surface area (Å²) in [6.45, 7) is 2.49. The average molecular weight is 408 g/mol. The van der Waals surface area contributed by atoms with Crippen LogP contribution >= 0.6 is 27.3 Å². The second kappa shape index (κ2) is 6.78. The first-order valence-corrected chi connectivity index (χ1v) is 9.62. The maximum atomic E-state index is 5.86. The highest BCUT2D eigenvalue weighted by atomic mass is 79.9. The summed E-state index contributed by atoms with van der Waals surface area (Å²) in [5.74, 6) is 0.906. The number of anilines is 1.